The maximum absolute atomic E-state index is 5.74. The molecule has 0 unspecified atom stereocenters. The van der Waals surface area contributed by atoms with E-state index >= 15 is 0 Å². The fraction of sp³-hybridized carbons (Fsp3) is 0.545. The van der Waals surface area contributed by atoms with Gasteiger partial charge in [0.05, 0.1) is 11.9 Å². The van der Waals surface area contributed by atoms with Crippen molar-refractivity contribution in [2.75, 3.05) is 25.0 Å². The lowest BCUT2D eigenvalue weighted by atomic mass is 10.2. The third-order valence-electron chi connectivity index (χ3n) is 2.81. The van der Waals surface area contributed by atoms with E-state index in [0.717, 1.165) is 18.8 Å². The summed E-state index contributed by atoms with van der Waals surface area (Å²) in [7, 11) is 2.09. The molecule has 0 amide bonds. The van der Waals surface area contributed by atoms with Crippen LogP contribution < -0.4 is 10.2 Å². The van der Waals surface area contributed by atoms with Crippen LogP contribution >= 0.6 is 11.6 Å². The van der Waals surface area contributed by atoms with Gasteiger partial charge in [-0.3, -0.25) is 0 Å². The minimum absolute atomic E-state index is 0.547. The van der Waals surface area contributed by atoms with Crippen molar-refractivity contribution in [3.63, 3.8) is 0 Å². The molecular formula is C11H16ClN3. The Kier molecular flexibility index (Phi) is 3.44. The quantitative estimate of drug-likeness (QED) is 0.797. The first-order chi connectivity index (χ1) is 7.25. The molecule has 2 heterocycles. The molecule has 2 rings (SSSR count). The van der Waals surface area contributed by atoms with Gasteiger partial charge in [-0.25, -0.2) is 4.98 Å². The number of hydrogen-bond acceptors (Lipinski definition) is 3. The molecule has 1 aliphatic rings. The molecule has 0 spiro atoms. The largest absolute Gasteiger partial charge is 0.372 e. The monoisotopic (exact) mass is 225 g/mol. The summed E-state index contributed by atoms with van der Waals surface area (Å²) in [5.74, 6) is 0. The number of nitrogens with zero attached hydrogens (tertiary/aromatic N) is 2. The summed E-state index contributed by atoms with van der Waals surface area (Å²) < 4.78 is 0. The summed E-state index contributed by atoms with van der Waals surface area (Å²) in [6.45, 7) is 2.18. The molecule has 1 N–H and O–H groups in total. The number of halogens is 1. The maximum Gasteiger partial charge on any atom is 0.129 e. The SMILES string of the molecule is CN(C[C@H]1CCCN1)c1ccc(Cl)nc1. The third-order valence-corrected chi connectivity index (χ3v) is 3.03. The summed E-state index contributed by atoms with van der Waals surface area (Å²) in [6.07, 6.45) is 4.38. The molecular weight excluding hydrogens is 210 g/mol. The first-order valence-corrected chi connectivity index (χ1v) is 5.69. The van der Waals surface area contributed by atoms with Crippen molar-refractivity contribution in [2.24, 2.45) is 0 Å². The Morgan fingerprint density at radius 2 is 2.47 bits per heavy atom. The van der Waals surface area contributed by atoms with Gasteiger partial charge in [-0.1, -0.05) is 11.6 Å². The predicted molar refractivity (Wildman–Crippen MR) is 63.5 cm³/mol. The minimum atomic E-state index is 0.547. The van der Waals surface area contributed by atoms with Crippen LogP contribution in [0.3, 0.4) is 0 Å². The number of likely N-dealkylation sites (N-methyl/N-ethyl adjacent to an activating group) is 1. The summed E-state index contributed by atoms with van der Waals surface area (Å²) in [6, 6.07) is 4.45. The summed E-state index contributed by atoms with van der Waals surface area (Å²) >= 11 is 5.74. The minimum Gasteiger partial charge on any atom is -0.372 e. The van der Waals surface area contributed by atoms with E-state index in [1.807, 2.05) is 18.3 Å². The van der Waals surface area contributed by atoms with Crippen LogP contribution in [0.5, 0.6) is 0 Å². The van der Waals surface area contributed by atoms with Crippen LogP contribution in [0.15, 0.2) is 18.3 Å². The lowest BCUT2D eigenvalue weighted by Gasteiger charge is -2.22. The number of anilines is 1. The van der Waals surface area contributed by atoms with Gasteiger partial charge in [0.25, 0.3) is 0 Å². The molecule has 1 atom stereocenters. The molecule has 0 radical (unpaired) electrons. The molecule has 0 bridgehead atoms. The highest BCUT2D eigenvalue weighted by molar-refractivity contribution is 6.29. The first kappa shape index (κ1) is 10.7. The van der Waals surface area contributed by atoms with E-state index in [2.05, 4.69) is 22.2 Å². The highest BCUT2D eigenvalue weighted by atomic mass is 35.5. The van der Waals surface area contributed by atoms with Crippen LogP contribution in [0.2, 0.25) is 5.15 Å². The highest BCUT2D eigenvalue weighted by Gasteiger charge is 2.15. The first-order valence-electron chi connectivity index (χ1n) is 5.32. The summed E-state index contributed by atoms with van der Waals surface area (Å²) in [5.41, 5.74) is 1.12. The van der Waals surface area contributed by atoms with Gasteiger partial charge in [0.15, 0.2) is 0 Å². The van der Waals surface area contributed by atoms with Gasteiger partial charge in [-0.2, -0.15) is 0 Å². The number of pyridine rings is 1. The van der Waals surface area contributed by atoms with Crippen LogP contribution in [-0.4, -0.2) is 31.2 Å². The zero-order chi connectivity index (χ0) is 10.7. The van der Waals surface area contributed by atoms with E-state index in [1.54, 1.807) is 0 Å². The van der Waals surface area contributed by atoms with Crippen LogP contribution in [0.4, 0.5) is 5.69 Å². The zero-order valence-corrected chi connectivity index (χ0v) is 9.67. The van der Waals surface area contributed by atoms with Crippen molar-refractivity contribution >= 4 is 17.3 Å². The number of nitrogens with one attached hydrogen (secondary N) is 1. The molecule has 0 aromatic carbocycles. The summed E-state index contributed by atoms with van der Waals surface area (Å²) in [4.78, 5) is 6.29. The van der Waals surface area contributed by atoms with Crippen molar-refractivity contribution in [2.45, 2.75) is 18.9 Å². The van der Waals surface area contributed by atoms with Gasteiger partial charge < -0.3 is 10.2 Å². The molecule has 15 heavy (non-hydrogen) atoms. The topological polar surface area (TPSA) is 28.2 Å². The summed E-state index contributed by atoms with van der Waals surface area (Å²) in [5, 5.41) is 4.03. The lowest BCUT2D eigenvalue weighted by molar-refractivity contribution is 0.599. The second kappa shape index (κ2) is 4.81. The molecule has 3 nitrogen and oxygen atoms in total. The Balaban J connectivity index is 1.94. The van der Waals surface area contributed by atoms with Gasteiger partial charge in [0, 0.05) is 19.6 Å². The Bertz CT molecular complexity index is 306. The van der Waals surface area contributed by atoms with E-state index < -0.39 is 0 Å². The molecule has 1 fully saturated rings. The zero-order valence-electron chi connectivity index (χ0n) is 8.91. The normalized spacial score (nSPS) is 20.5. The fourth-order valence-corrected chi connectivity index (χ4v) is 2.05. The third kappa shape index (κ3) is 2.83. The second-order valence-electron chi connectivity index (χ2n) is 4.01. The van der Waals surface area contributed by atoms with E-state index in [-0.39, 0.29) is 0 Å². The maximum atomic E-state index is 5.74. The van der Waals surface area contributed by atoms with Crippen molar-refractivity contribution in [3.8, 4) is 0 Å². The van der Waals surface area contributed by atoms with Crippen LogP contribution in [0.25, 0.3) is 0 Å². The van der Waals surface area contributed by atoms with E-state index in [4.69, 9.17) is 11.6 Å². The van der Waals surface area contributed by atoms with E-state index in [1.165, 1.54) is 12.8 Å². The Labute approximate surface area is 95.4 Å². The number of hydrogen-bond donors (Lipinski definition) is 1. The molecule has 1 saturated heterocycles. The van der Waals surface area contributed by atoms with E-state index in [0.29, 0.717) is 11.2 Å². The Morgan fingerprint density at radius 1 is 1.60 bits per heavy atom. The van der Waals surface area contributed by atoms with Gasteiger partial charge in [0.2, 0.25) is 0 Å². The van der Waals surface area contributed by atoms with Crippen LogP contribution in [0.1, 0.15) is 12.8 Å². The molecule has 1 aromatic rings. The van der Waals surface area contributed by atoms with Gasteiger partial charge >= 0.3 is 0 Å². The Morgan fingerprint density at radius 3 is 3.07 bits per heavy atom. The standard InChI is InChI=1S/C11H16ClN3/c1-15(8-9-3-2-6-13-9)10-4-5-11(12)14-7-10/h4-5,7,9,13H,2-3,6,8H2,1H3/t9-/m1/s1. The molecule has 0 aliphatic carbocycles. The number of aromatic nitrogens is 1. The smallest absolute Gasteiger partial charge is 0.129 e. The molecule has 1 aromatic heterocycles. The molecule has 1 aliphatic heterocycles. The molecule has 82 valence electrons. The predicted octanol–water partition coefficient (Wildman–Crippen LogP) is 1.92. The van der Waals surface area contributed by atoms with Crippen LogP contribution in [-0.2, 0) is 0 Å². The van der Waals surface area contributed by atoms with Crippen molar-refractivity contribution in [1.82, 2.24) is 10.3 Å². The van der Waals surface area contributed by atoms with Crippen LogP contribution in [0, 0.1) is 0 Å². The second-order valence-corrected chi connectivity index (χ2v) is 4.40. The average molecular weight is 226 g/mol. The Hall–Kier alpha value is -0.800. The highest BCUT2D eigenvalue weighted by Crippen LogP contribution is 2.15. The molecule has 0 saturated carbocycles. The van der Waals surface area contributed by atoms with Crippen molar-refractivity contribution in [1.29, 1.82) is 0 Å². The van der Waals surface area contributed by atoms with Gasteiger partial charge in [0.1, 0.15) is 5.15 Å². The molecule has 4 heteroatoms. The number of rotatable bonds is 3. The van der Waals surface area contributed by atoms with Gasteiger partial charge in [-0.05, 0) is 31.5 Å². The van der Waals surface area contributed by atoms with Crippen molar-refractivity contribution < 1.29 is 0 Å². The van der Waals surface area contributed by atoms with E-state index in [9.17, 15) is 0 Å². The fourth-order valence-electron chi connectivity index (χ4n) is 1.94. The lowest BCUT2D eigenvalue weighted by Crippen LogP contribution is -2.35. The average Bonchev–Trinajstić information content (AvgIpc) is 2.71. The van der Waals surface area contributed by atoms with Crippen molar-refractivity contribution in [3.05, 3.63) is 23.5 Å². The van der Waals surface area contributed by atoms with Gasteiger partial charge in [-0.15, -0.1) is 0 Å².